The first-order valence-electron chi connectivity index (χ1n) is 6.46. The van der Waals surface area contributed by atoms with Crippen LogP contribution in [0.5, 0.6) is 0 Å². The van der Waals surface area contributed by atoms with E-state index in [4.69, 9.17) is 32.8 Å². The third kappa shape index (κ3) is 3.01. The molecule has 0 aliphatic heterocycles. The van der Waals surface area contributed by atoms with Crippen molar-refractivity contribution in [3.63, 3.8) is 0 Å². The Hall–Kier alpha value is -2.15. The van der Waals surface area contributed by atoms with Gasteiger partial charge in [-0.05, 0) is 17.7 Å². The molecule has 2 N–H and O–H groups in total. The normalized spacial score (nSPS) is 11.0. The second kappa shape index (κ2) is 6.16. The van der Waals surface area contributed by atoms with Crippen molar-refractivity contribution < 1.29 is 18.8 Å². The van der Waals surface area contributed by atoms with Crippen LogP contribution in [0.25, 0.3) is 11.1 Å². The van der Waals surface area contributed by atoms with Gasteiger partial charge in [0.1, 0.15) is 11.3 Å². The number of nitrogens with zero attached hydrogens (tertiary/aromatic N) is 1. The summed E-state index contributed by atoms with van der Waals surface area (Å²) >= 11 is 11.8. The lowest BCUT2D eigenvalue weighted by Gasteiger charge is -2.05. The van der Waals surface area contributed by atoms with Gasteiger partial charge in [0.2, 0.25) is 0 Å². The van der Waals surface area contributed by atoms with Crippen molar-refractivity contribution in [2.75, 3.05) is 0 Å². The van der Waals surface area contributed by atoms with E-state index in [1.54, 1.807) is 6.07 Å². The molecule has 0 saturated carbocycles. The van der Waals surface area contributed by atoms with Crippen LogP contribution in [0.4, 0.5) is 4.39 Å². The molecule has 0 saturated heterocycles. The Morgan fingerprint density at radius 1 is 1.30 bits per heavy atom. The summed E-state index contributed by atoms with van der Waals surface area (Å²) in [5.41, 5.74) is 2.26. The van der Waals surface area contributed by atoms with E-state index >= 15 is 0 Å². The molecule has 0 bridgehead atoms. The van der Waals surface area contributed by atoms with Gasteiger partial charge in [-0.3, -0.25) is 10.0 Å². The Morgan fingerprint density at radius 3 is 2.78 bits per heavy atom. The van der Waals surface area contributed by atoms with Gasteiger partial charge < -0.3 is 4.42 Å². The second-order valence-corrected chi connectivity index (χ2v) is 5.55. The first kappa shape index (κ1) is 15.7. The van der Waals surface area contributed by atoms with Gasteiger partial charge in [0.25, 0.3) is 5.91 Å². The van der Waals surface area contributed by atoms with Crippen molar-refractivity contribution in [1.82, 2.24) is 10.5 Å². The number of hydrogen-bond donors (Lipinski definition) is 2. The van der Waals surface area contributed by atoms with E-state index < -0.39 is 11.7 Å². The maximum absolute atomic E-state index is 14.3. The maximum Gasteiger partial charge on any atom is 0.277 e. The average Bonchev–Trinajstić information content (AvgIpc) is 2.90. The molecule has 8 heteroatoms. The van der Waals surface area contributed by atoms with E-state index in [9.17, 15) is 9.18 Å². The molecular formula is C15H9Cl2FN2O3. The van der Waals surface area contributed by atoms with Crippen molar-refractivity contribution in [3.8, 4) is 0 Å². The Morgan fingerprint density at radius 2 is 2.04 bits per heavy atom. The topological polar surface area (TPSA) is 75.4 Å². The molecule has 0 radical (unpaired) electrons. The lowest BCUT2D eigenvalue weighted by molar-refractivity contribution is 0.0701. The summed E-state index contributed by atoms with van der Waals surface area (Å²) in [6, 6.07) is 7.34. The molecule has 0 aliphatic carbocycles. The third-order valence-electron chi connectivity index (χ3n) is 3.24. The molecule has 0 aliphatic rings. The van der Waals surface area contributed by atoms with Crippen molar-refractivity contribution in [2.45, 2.75) is 6.42 Å². The molecule has 0 atom stereocenters. The summed E-state index contributed by atoms with van der Waals surface area (Å²) < 4.78 is 19.8. The zero-order chi connectivity index (χ0) is 16.6. The highest BCUT2D eigenvalue weighted by atomic mass is 35.5. The molecule has 5 nitrogen and oxygen atoms in total. The number of hydrogen-bond acceptors (Lipinski definition) is 4. The first-order valence-corrected chi connectivity index (χ1v) is 7.21. The molecular weight excluding hydrogens is 346 g/mol. The van der Waals surface area contributed by atoms with Crippen LogP contribution in [0.1, 0.15) is 21.8 Å². The standard InChI is InChI=1S/C15H9Cl2FN2O3/c16-9-5-11-12(6-10(9)17)23-13(19-11)4-7-2-1-3-8(14(7)18)15(21)20-22/h1-3,5-6,22H,4H2,(H,20,21). The Labute approximate surface area is 139 Å². The van der Waals surface area contributed by atoms with E-state index in [0.717, 1.165) is 0 Å². The zero-order valence-electron chi connectivity index (χ0n) is 11.4. The van der Waals surface area contributed by atoms with Crippen LogP contribution in [0.3, 0.4) is 0 Å². The number of rotatable bonds is 3. The van der Waals surface area contributed by atoms with E-state index in [2.05, 4.69) is 4.98 Å². The number of carbonyl (C=O) groups excluding carboxylic acids is 1. The number of oxazole rings is 1. The Balaban J connectivity index is 1.98. The minimum atomic E-state index is -0.930. The predicted molar refractivity (Wildman–Crippen MR) is 82.5 cm³/mol. The number of carbonyl (C=O) groups is 1. The summed E-state index contributed by atoms with van der Waals surface area (Å²) in [4.78, 5) is 15.6. The van der Waals surface area contributed by atoms with Gasteiger partial charge in [-0.1, -0.05) is 35.3 Å². The van der Waals surface area contributed by atoms with Crippen LogP contribution in [-0.4, -0.2) is 16.1 Å². The quantitative estimate of drug-likeness (QED) is 0.550. The molecule has 1 heterocycles. The molecule has 0 fully saturated rings. The van der Waals surface area contributed by atoms with Gasteiger partial charge in [-0.25, -0.2) is 14.9 Å². The van der Waals surface area contributed by atoms with Gasteiger partial charge in [0.05, 0.1) is 22.0 Å². The number of halogens is 3. The molecule has 1 amide bonds. The van der Waals surface area contributed by atoms with E-state index in [1.807, 2.05) is 0 Å². The summed E-state index contributed by atoms with van der Waals surface area (Å²) in [7, 11) is 0. The zero-order valence-corrected chi connectivity index (χ0v) is 13.0. The molecule has 0 spiro atoms. The number of amides is 1. The van der Waals surface area contributed by atoms with Crippen molar-refractivity contribution in [1.29, 1.82) is 0 Å². The van der Waals surface area contributed by atoms with Crippen LogP contribution in [0, 0.1) is 5.82 Å². The van der Waals surface area contributed by atoms with E-state index in [-0.39, 0.29) is 23.4 Å². The number of nitrogens with one attached hydrogen (secondary N) is 1. The number of benzene rings is 2. The summed E-state index contributed by atoms with van der Waals surface area (Å²) in [6.07, 6.45) is 0.0301. The average molecular weight is 355 g/mol. The number of aromatic nitrogens is 1. The highest BCUT2D eigenvalue weighted by molar-refractivity contribution is 6.42. The van der Waals surface area contributed by atoms with E-state index in [1.165, 1.54) is 29.7 Å². The minimum Gasteiger partial charge on any atom is -0.440 e. The summed E-state index contributed by atoms with van der Waals surface area (Å²) in [5, 5.41) is 9.29. The smallest absolute Gasteiger partial charge is 0.277 e. The highest BCUT2D eigenvalue weighted by Gasteiger charge is 2.17. The molecule has 23 heavy (non-hydrogen) atoms. The van der Waals surface area contributed by atoms with Crippen molar-refractivity contribution in [3.05, 3.63) is 63.2 Å². The molecule has 3 aromatic rings. The van der Waals surface area contributed by atoms with Crippen LogP contribution < -0.4 is 5.48 Å². The molecule has 1 aromatic heterocycles. The number of fused-ring (bicyclic) bond motifs is 1. The fourth-order valence-corrected chi connectivity index (χ4v) is 2.47. The lowest BCUT2D eigenvalue weighted by Crippen LogP contribution is -2.20. The predicted octanol–water partition coefficient (Wildman–Crippen LogP) is 3.98. The summed E-state index contributed by atoms with van der Waals surface area (Å²) in [5.74, 6) is -1.43. The summed E-state index contributed by atoms with van der Waals surface area (Å²) in [6.45, 7) is 0. The van der Waals surface area contributed by atoms with Crippen LogP contribution >= 0.6 is 23.2 Å². The van der Waals surface area contributed by atoms with E-state index in [0.29, 0.717) is 21.1 Å². The van der Waals surface area contributed by atoms with Crippen molar-refractivity contribution in [2.24, 2.45) is 0 Å². The molecule has 2 aromatic carbocycles. The first-order chi connectivity index (χ1) is 11.0. The van der Waals surface area contributed by atoms with Gasteiger partial charge in [-0.15, -0.1) is 0 Å². The monoisotopic (exact) mass is 354 g/mol. The van der Waals surface area contributed by atoms with Gasteiger partial charge in [0.15, 0.2) is 11.5 Å². The van der Waals surface area contributed by atoms with Crippen LogP contribution in [0.15, 0.2) is 34.7 Å². The maximum atomic E-state index is 14.3. The van der Waals surface area contributed by atoms with Gasteiger partial charge in [0, 0.05) is 6.07 Å². The third-order valence-corrected chi connectivity index (χ3v) is 3.96. The largest absolute Gasteiger partial charge is 0.440 e. The fourth-order valence-electron chi connectivity index (χ4n) is 2.16. The van der Waals surface area contributed by atoms with Gasteiger partial charge >= 0.3 is 0 Å². The molecule has 118 valence electrons. The fraction of sp³-hybridized carbons (Fsp3) is 0.0667. The highest BCUT2D eigenvalue weighted by Crippen LogP contribution is 2.29. The van der Waals surface area contributed by atoms with Gasteiger partial charge in [-0.2, -0.15) is 0 Å². The van der Waals surface area contributed by atoms with Crippen LogP contribution in [-0.2, 0) is 6.42 Å². The van der Waals surface area contributed by atoms with Crippen LogP contribution in [0.2, 0.25) is 10.0 Å². The minimum absolute atomic E-state index is 0.0301. The Bertz CT molecular complexity index is 872. The molecule has 0 unspecified atom stereocenters. The SMILES string of the molecule is O=C(NO)c1cccc(Cc2nc3cc(Cl)c(Cl)cc3o2)c1F. The number of hydroxylamine groups is 1. The van der Waals surface area contributed by atoms with Crippen molar-refractivity contribution >= 4 is 40.2 Å². The Kier molecular flexibility index (Phi) is 4.21. The lowest BCUT2D eigenvalue weighted by atomic mass is 10.1. The second-order valence-electron chi connectivity index (χ2n) is 4.74. The molecule has 3 rings (SSSR count).